The standard InChI is InChI=1S/C14H28N2O3/c1-6-7-8-12(18)16-13(2,3)10-19-14(4,5)9-11(15)17/h6-10H2,1-5H3,(H2,15,17)(H,16,18). The summed E-state index contributed by atoms with van der Waals surface area (Å²) in [5.74, 6) is -0.363. The lowest BCUT2D eigenvalue weighted by molar-refractivity contribution is -0.129. The highest BCUT2D eigenvalue weighted by Gasteiger charge is 2.27. The maximum atomic E-state index is 11.7. The molecule has 0 saturated carbocycles. The van der Waals surface area contributed by atoms with E-state index in [1.54, 1.807) is 0 Å². The first kappa shape index (κ1) is 17.9. The lowest BCUT2D eigenvalue weighted by Gasteiger charge is -2.32. The van der Waals surface area contributed by atoms with E-state index < -0.39 is 17.0 Å². The van der Waals surface area contributed by atoms with E-state index in [9.17, 15) is 9.59 Å². The molecule has 0 rings (SSSR count). The Balaban J connectivity index is 4.22. The van der Waals surface area contributed by atoms with Crippen LogP contribution in [-0.2, 0) is 14.3 Å². The summed E-state index contributed by atoms with van der Waals surface area (Å²) in [6, 6.07) is 0. The van der Waals surface area contributed by atoms with Crippen molar-refractivity contribution in [1.29, 1.82) is 0 Å². The Bertz CT molecular complexity index is 312. The van der Waals surface area contributed by atoms with Crippen LogP contribution in [0.4, 0.5) is 0 Å². The number of carbonyl (C=O) groups excluding carboxylic acids is 2. The van der Waals surface area contributed by atoms with Crippen LogP contribution in [0, 0.1) is 0 Å². The highest BCUT2D eigenvalue weighted by molar-refractivity contribution is 5.76. The van der Waals surface area contributed by atoms with Crippen LogP contribution < -0.4 is 11.1 Å². The SMILES string of the molecule is CCCCC(=O)NC(C)(C)COC(C)(C)CC(N)=O. The number of ether oxygens (including phenoxy) is 1. The van der Waals surface area contributed by atoms with Crippen molar-refractivity contribution < 1.29 is 14.3 Å². The topological polar surface area (TPSA) is 81.4 Å². The highest BCUT2D eigenvalue weighted by Crippen LogP contribution is 2.17. The lowest BCUT2D eigenvalue weighted by atomic mass is 10.0. The third-order valence-corrected chi connectivity index (χ3v) is 2.66. The van der Waals surface area contributed by atoms with E-state index in [1.807, 2.05) is 34.6 Å². The van der Waals surface area contributed by atoms with Crippen molar-refractivity contribution in [3.05, 3.63) is 0 Å². The number of hydrogen-bond acceptors (Lipinski definition) is 3. The van der Waals surface area contributed by atoms with Crippen molar-refractivity contribution in [2.24, 2.45) is 5.73 Å². The van der Waals surface area contributed by atoms with Gasteiger partial charge in [-0.1, -0.05) is 13.3 Å². The van der Waals surface area contributed by atoms with Crippen molar-refractivity contribution in [1.82, 2.24) is 5.32 Å². The Morgan fingerprint density at radius 3 is 2.26 bits per heavy atom. The number of carbonyl (C=O) groups is 2. The molecule has 0 bridgehead atoms. The molecule has 19 heavy (non-hydrogen) atoms. The molecular formula is C14H28N2O3. The summed E-state index contributed by atoms with van der Waals surface area (Å²) in [7, 11) is 0. The molecule has 0 spiro atoms. The molecule has 0 radical (unpaired) electrons. The fraction of sp³-hybridized carbons (Fsp3) is 0.857. The summed E-state index contributed by atoms with van der Waals surface area (Å²) in [5.41, 5.74) is 4.09. The number of hydrogen-bond donors (Lipinski definition) is 2. The van der Waals surface area contributed by atoms with Gasteiger partial charge in [0.2, 0.25) is 11.8 Å². The van der Waals surface area contributed by atoms with Gasteiger partial charge in [0, 0.05) is 6.42 Å². The van der Waals surface area contributed by atoms with Crippen LogP contribution in [0.3, 0.4) is 0 Å². The molecule has 0 aromatic rings. The van der Waals surface area contributed by atoms with Gasteiger partial charge in [-0.15, -0.1) is 0 Å². The van der Waals surface area contributed by atoms with Gasteiger partial charge < -0.3 is 15.8 Å². The highest BCUT2D eigenvalue weighted by atomic mass is 16.5. The first-order valence-electron chi connectivity index (χ1n) is 6.81. The maximum absolute atomic E-state index is 11.7. The molecule has 0 saturated heterocycles. The second-order valence-electron chi connectivity index (χ2n) is 6.23. The Morgan fingerprint density at radius 1 is 1.21 bits per heavy atom. The Morgan fingerprint density at radius 2 is 1.79 bits per heavy atom. The van der Waals surface area contributed by atoms with E-state index in [1.165, 1.54) is 0 Å². The minimum atomic E-state index is -0.614. The van der Waals surface area contributed by atoms with Crippen molar-refractivity contribution >= 4 is 11.8 Å². The van der Waals surface area contributed by atoms with Crippen LogP contribution in [-0.4, -0.2) is 29.6 Å². The third kappa shape index (κ3) is 9.47. The van der Waals surface area contributed by atoms with Crippen molar-refractivity contribution in [2.75, 3.05) is 6.61 Å². The number of primary amides is 1. The monoisotopic (exact) mass is 272 g/mol. The van der Waals surface area contributed by atoms with Crippen LogP contribution in [0.2, 0.25) is 0 Å². The Kier molecular flexibility index (Phi) is 7.05. The molecule has 0 aliphatic rings. The second-order valence-corrected chi connectivity index (χ2v) is 6.23. The Labute approximate surface area is 116 Å². The van der Waals surface area contributed by atoms with E-state index in [2.05, 4.69) is 5.32 Å². The van der Waals surface area contributed by atoms with Crippen LogP contribution >= 0.6 is 0 Å². The number of rotatable bonds is 9. The van der Waals surface area contributed by atoms with Gasteiger partial charge in [-0.05, 0) is 34.1 Å². The molecule has 112 valence electrons. The number of amides is 2. The second kappa shape index (κ2) is 7.48. The summed E-state index contributed by atoms with van der Waals surface area (Å²) in [4.78, 5) is 22.6. The van der Waals surface area contributed by atoms with Gasteiger partial charge in [0.15, 0.2) is 0 Å². The lowest BCUT2D eigenvalue weighted by Crippen LogP contribution is -2.49. The minimum absolute atomic E-state index is 0.0307. The molecule has 0 aliphatic heterocycles. The molecule has 0 unspecified atom stereocenters. The molecule has 3 N–H and O–H groups in total. The number of nitrogens with one attached hydrogen (secondary N) is 1. The molecule has 0 atom stereocenters. The van der Waals surface area contributed by atoms with Gasteiger partial charge >= 0.3 is 0 Å². The van der Waals surface area contributed by atoms with Crippen molar-refractivity contribution in [2.45, 2.75) is 71.4 Å². The molecule has 0 aromatic heterocycles. The molecular weight excluding hydrogens is 244 g/mol. The van der Waals surface area contributed by atoms with Gasteiger partial charge in [0.05, 0.1) is 24.2 Å². The first-order valence-corrected chi connectivity index (χ1v) is 6.81. The Hall–Kier alpha value is -1.10. The van der Waals surface area contributed by atoms with Crippen LogP contribution in [0.5, 0.6) is 0 Å². The van der Waals surface area contributed by atoms with Gasteiger partial charge in [-0.2, -0.15) is 0 Å². The van der Waals surface area contributed by atoms with E-state index >= 15 is 0 Å². The van der Waals surface area contributed by atoms with Crippen molar-refractivity contribution in [3.63, 3.8) is 0 Å². The van der Waals surface area contributed by atoms with E-state index in [-0.39, 0.29) is 12.3 Å². The quantitative estimate of drug-likeness (QED) is 0.671. The predicted octanol–water partition coefficient (Wildman–Crippen LogP) is 1.74. The summed E-state index contributed by atoms with van der Waals surface area (Å²) in [6.07, 6.45) is 2.57. The minimum Gasteiger partial charge on any atom is -0.373 e. The molecule has 5 heteroatoms. The average molecular weight is 272 g/mol. The zero-order valence-electron chi connectivity index (χ0n) is 12.8. The van der Waals surface area contributed by atoms with Gasteiger partial charge in [-0.25, -0.2) is 0 Å². The van der Waals surface area contributed by atoms with Gasteiger partial charge in [0.1, 0.15) is 0 Å². The molecule has 2 amide bonds. The molecule has 0 aliphatic carbocycles. The predicted molar refractivity (Wildman–Crippen MR) is 75.6 cm³/mol. The normalized spacial score (nSPS) is 12.3. The fourth-order valence-corrected chi connectivity index (χ4v) is 1.66. The van der Waals surface area contributed by atoms with Gasteiger partial charge in [-0.3, -0.25) is 9.59 Å². The van der Waals surface area contributed by atoms with E-state index in [4.69, 9.17) is 10.5 Å². The number of unbranched alkanes of at least 4 members (excludes halogenated alkanes) is 1. The molecule has 0 heterocycles. The van der Waals surface area contributed by atoms with E-state index in [0.717, 1.165) is 12.8 Å². The van der Waals surface area contributed by atoms with Crippen LogP contribution in [0.25, 0.3) is 0 Å². The first-order chi connectivity index (χ1) is 8.58. The largest absolute Gasteiger partial charge is 0.373 e. The molecule has 0 aromatic carbocycles. The third-order valence-electron chi connectivity index (χ3n) is 2.66. The van der Waals surface area contributed by atoms with Crippen LogP contribution in [0.15, 0.2) is 0 Å². The summed E-state index contributed by atoms with van der Waals surface area (Å²) >= 11 is 0. The summed E-state index contributed by atoms with van der Waals surface area (Å²) in [6.45, 7) is 9.81. The summed E-state index contributed by atoms with van der Waals surface area (Å²) in [5, 5.41) is 2.94. The fourth-order valence-electron chi connectivity index (χ4n) is 1.66. The zero-order chi connectivity index (χ0) is 15.1. The molecule has 0 fully saturated rings. The van der Waals surface area contributed by atoms with E-state index in [0.29, 0.717) is 13.0 Å². The number of nitrogens with two attached hydrogens (primary N) is 1. The van der Waals surface area contributed by atoms with Gasteiger partial charge in [0.25, 0.3) is 0 Å². The smallest absolute Gasteiger partial charge is 0.220 e. The molecule has 5 nitrogen and oxygen atoms in total. The average Bonchev–Trinajstić information content (AvgIpc) is 2.22. The summed E-state index contributed by atoms with van der Waals surface area (Å²) < 4.78 is 5.69. The zero-order valence-corrected chi connectivity index (χ0v) is 12.8. The van der Waals surface area contributed by atoms with Crippen molar-refractivity contribution in [3.8, 4) is 0 Å². The van der Waals surface area contributed by atoms with Crippen LogP contribution in [0.1, 0.15) is 60.3 Å². The maximum Gasteiger partial charge on any atom is 0.220 e.